The van der Waals surface area contributed by atoms with Crippen molar-refractivity contribution < 1.29 is 4.42 Å². The Morgan fingerprint density at radius 2 is 2.11 bits per heavy atom. The molecule has 3 rings (SSSR count). The van der Waals surface area contributed by atoms with Crippen LogP contribution in [0.4, 0.5) is 5.69 Å². The number of furan rings is 1. The minimum Gasteiger partial charge on any atom is -0.461 e. The zero-order chi connectivity index (χ0) is 12.5. The number of hydrogen-bond acceptors (Lipinski definition) is 3. The van der Waals surface area contributed by atoms with Crippen LogP contribution < -0.4 is 5.73 Å². The first-order chi connectivity index (χ1) is 8.72. The van der Waals surface area contributed by atoms with E-state index >= 15 is 0 Å². The van der Waals surface area contributed by atoms with Crippen molar-refractivity contribution in [2.45, 2.75) is 13.3 Å². The van der Waals surface area contributed by atoms with Gasteiger partial charge in [0.1, 0.15) is 11.3 Å². The van der Waals surface area contributed by atoms with Crippen LogP contribution in [0.2, 0.25) is 0 Å². The second kappa shape index (κ2) is 4.18. The molecule has 18 heavy (non-hydrogen) atoms. The van der Waals surface area contributed by atoms with Gasteiger partial charge in [0.15, 0.2) is 0 Å². The molecule has 0 saturated carbocycles. The molecule has 0 fully saturated rings. The van der Waals surface area contributed by atoms with E-state index in [1.54, 1.807) is 12.4 Å². The van der Waals surface area contributed by atoms with Crippen molar-refractivity contribution in [3.05, 3.63) is 59.6 Å². The van der Waals surface area contributed by atoms with Crippen molar-refractivity contribution >= 4 is 16.7 Å². The summed E-state index contributed by atoms with van der Waals surface area (Å²) < 4.78 is 5.80. The van der Waals surface area contributed by atoms with E-state index in [2.05, 4.69) is 24.0 Å². The first-order valence-corrected chi connectivity index (χ1v) is 5.90. The first-order valence-electron chi connectivity index (χ1n) is 5.90. The van der Waals surface area contributed by atoms with E-state index < -0.39 is 0 Å². The van der Waals surface area contributed by atoms with Gasteiger partial charge in [-0.1, -0.05) is 11.6 Å². The Hall–Kier alpha value is -2.29. The highest BCUT2D eigenvalue weighted by Gasteiger charge is 2.07. The molecule has 0 amide bonds. The summed E-state index contributed by atoms with van der Waals surface area (Å²) in [5, 5.41) is 1.13. The number of anilines is 1. The standard InChI is InChI=1S/C15H14N2O/c1-10-2-3-15-11(6-10)7-13(18-15)8-12-9-17-5-4-14(12)16/h2-7,9H,8H2,1H3,(H2,16,17). The summed E-state index contributed by atoms with van der Waals surface area (Å²) in [4.78, 5) is 4.09. The molecule has 0 spiro atoms. The van der Waals surface area contributed by atoms with Gasteiger partial charge in [0, 0.05) is 35.5 Å². The van der Waals surface area contributed by atoms with Gasteiger partial charge in [0.25, 0.3) is 0 Å². The number of benzene rings is 1. The Morgan fingerprint density at radius 3 is 2.94 bits per heavy atom. The molecule has 3 nitrogen and oxygen atoms in total. The van der Waals surface area contributed by atoms with E-state index in [1.807, 2.05) is 18.2 Å². The molecule has 0 saturated heterocycles. The zero-order valence-electron chi connectivity index (χ0n) is 10.2. The fourth-order valence-corrected chi connectivity index (χ4v) is 2.08. The van der Waals surface area contributed by atoms with Gasteiger partial charge in [-0.05, 0) is 31.2 Å². The number of hydrogen-bond donors (Lipinski definition) is 1. The van der Waals surface area contributed by atoms with Crippen molar-refractivity contribution in [2.24, 2.45) is 0 Å². The molecule has 3 aromatic rings. The highest BCUT2D eigenvalue weighted by Crippen LogP contribution is 2.23. The van der Waals surface area contributed by atoms with Crippen molar-refractivity contribution in [1.29, 1.82) is 0 Å². The lowest BCUT2D eigenvalue weighted by Crippen LogP contribution is -1.95. The van der Waals surface area contributed by atoms with Crippen LogP contribution in [0, 0.1) is 6.92 Å². The lowest BCUT2D eigenvalue weighted by atomic mass is 10.1. The number of aromatic nitrogens is 1. The summed E-state index contributed by atoms with van der Waals surface area (Å²) >= 11 is 0. The third kappa shape index (κ3) is 1.95. The highest BCUT2D eigenvalue weighted by atomic mass is 16.3. The Kier molecular flexibility index (Phi) is 2.52. The van der Waals surface area contributed by atoms with Crippen molar-refractivity contribution in [3.63, 3.8) is 0 Å². The molecule has 0 aliphatic heterocycles. The van der Waals surface area contributed by atoms with Crippen LogP contribution in [0.1, 0.15) is 16.9 Å². The summed E-state index contributed by atoms with van der Waals surface area (Å²) in [5.74, 6) is 0.912. The lowest BCUT2D eigenvalue weighted by Gasteiger charge is -2.01. The predicted octanol–water partition coefficient (Wildman–Crippen LogP) is 3.31. The largest absolute Gasteiger partial charge is 0.461 e. The number of fused-ring (bicyclic) bond motifs is 1. The second-order valence-electron chi connectivity index (χ2n) is 4.51. The molecule has 2 heterocycles. The average molecular weight is 238 g/mol. The molecular formula is C15H14N2O. The molecule has 0 aliphatic rings. The molecule has 0 radical (unpaired) electrons. The quantitative estimate of drug-likeness (QED) is 0.745. The summed E-state index contributed by atoms with van der Waals surface area (Å²) in [6.45, 7) is 2.07. The van der Waals surface area contributed by atoms with Gasteiger partial charge in [-0.2, -0.15) is 0 Å². The SMILES string of the molecule is Cc1ccc2oc(Cc3cnccc3N)cc2c1. The average Bonchev–Trinajstić information content (AvgIpc) is 2.73. The van der Waals surface area contributed by atoms with Crippen LogP contribution in [0.25, 0.3) is 11.0 Å². The monoisotopic (exact) mass is 238 g/mol. The molecule has 90 valence electrons. The lowest BCUT2D eigenvalue weighted by molar-refractivity contribution is 0.562. The number of pyridine rings is 1. The summed E-state index contributed by atoms with van der Waals surface area (Å²) in [5.41, 5.74) is 9.80. The summed E-state index contributed by atoms with van der Waals surface area (Å²) in [6.07, 6.45) is 4.15. The van der Waals surface area contributed by atoms with Gasteiger partial charge < -0.3 is 10.2 Å². The fourth-order valence-electron chi connectivity index (χ4n) is 2.08. The fraction of sp³-hybridized carbons (Fsp3) is 0.133. The molecule has 1 aromatic carbocycles. The smallest absolute Gasteiger partial charge is 0.134 e. The van der Waals surface area contributed by atoms with Crippen molar-refractivity contribution in [3.8, 4) is 0 Å². The van der Waals surface area contributed by atoms with Crippen LogP contribution in [0.3, 0.4) is 0 Å². The van der Waals surface area contributed by atoms with Gasteiger partial charge in [0.05, 0.1) is 0 Å². The third-order valence-electron chi connectivity index (χ3n) is 3.03. The van der Waals surface area contributed by atoms with Gasteiger partial charge in [0.2, 0.25) is 0 Å². The molecular weight excluding hydrogens is 224 g/mol. The zero-order valence-corrected chi connectivity index (χ0v) is 10.2. The number of nitrogen functional groups attached to an aromatic ring is 1. The third-order valence-corrected chi connectivity index (χ3v) is 3.03. The molecule has 0 atom stereocenters. The maximum Gasteiger partial charge on any atom is 0.134 e. The Balaban J connectivity index is 1.98. The van der Waals surface area contributed by atoms with Crippen molar-refractivity contribution in [1.82, 2.24) is 4.98 Å². The van der Waals surface area contributed by atoms with E-state index in [4.69, 9.17) is 10.2 Å². The topological polar surface area (TPSA) is 52.0 Å². The minimum absolute atomic E-state index is 0.674. The minimum atomic E-state index is 0.674. The highest BCUT2D eigenvalue weighted by molar-refractivity contribution is 5.78. The van der Waals surface area contributed by atoms with E-state index in [-0.39, 0.29) is 0 Å². The normalized spacial score (nSPS) is 10.9. The molecule has 3 heteroatoms. The Morgan fingerprint density at radius 1 is 1.22 bits per heavy atom. The van der Waals surface area contributed by atoms with Gasteiger partial charge in [-0.15, -0.1) is 0 Å². The summed E-state index contributed by atoms with van der Waals surface area (Å²) in [7, 11) is 0. The second-order valence-corrected chi connectivity index (χ2v) is 4.51. The number of nitrogens with two attached hydrogens (primary N) is 1. The molecule has 2 N–H and O–H groups in total. The van der Waals surface area contributed by atoms with Crippen LogP contribution >= 0.6 is 0 Å². The van der Waals surface area contributed by atoms with E-state index in [0.717, 1.165) is 28.0 Å². The molecule has 0 aliphatic carbocycles. The predicted molar refractivity (Wildman–Crippen MR) is 72.4 cm³/mol. The maximum absolute atomic E-state index is 5.91. The van der Waals surface area contributed by atoms with Gasteiger partial charge in [-0.25, -0.2) is 0 Å². The van der Waals surface area contributed by atoms with Gasteiger partial charge in [-0.3, -0.25) is 4.98 Å². The molecule has 2 aromatic heterocycles. The molecule has 0 bridgehead atoms. The summed E-state index contributed by atoms with van der Waals surface area (Å²) in [6, 6.07) is 10.0. The van der Waals surface area contributed by atoms with Crippen molar-refractivity contribution in [2.75, 3.05) is 5.73 Å². The maximum atomic E-state index is 5.91. The number of aryl methyl sites for hydroxylation is 1. The van der Waals surface area contributed by atoms with E-state index in [1.165, 1.54) is 5.56 Å². The van der Waals surface area contributed by atoms with Crippen LogP contribution in [0.15, 0.2) is 47.1 Å². The van der Waals surface area contributed by atoms with E-state index in [9.17, 15) is 0 Å². The number of nitrogens with zero attached hydrogens (tertiary/aromatic N) is 1. The number of rotatable bonds is 2. The first kappa shape index (κ1) is 10.8. The Bertz CT molecular complexity index is 701. The van der Waals surface area contributed by atoms with Gasteiger partial charge >= 0.3 is 0 Å². The van der Waals surface area contributed by atoms with Crippen LogP contribution in [-0.4, -0.2) is 4.98 Å². The Labute approximate surface area is 105 Å². The van der Waals surface area contributed by atoms with Crippen LogP contribution in [-0.2, 0) is 6.42 Å². The van der Waals surface area contributed by atoms with E-state index in [0.29, 0.717) is 6.42 Å². The van der Waals surface area contributed by atoms with Crippen LogP contribution in [0.5, 0.6) is 0 Å². The molecule has 0 unspecified atom stereocenters.